The molecule has 108 valence electrons. The van der Waals surface area contributed by atoms with E-state index in [1.807, 2.05) is 30.3 Å². The molecular weight excluding hydrogens is 265 g/mol. The van der Waals surface area contributed by atoms with Crippen molar-refractivity contribution >= 4 is 7.85 Å². The Hall–Kier alpha value is -0.975. The first-order chi connectivity index (χ1) is 9.65. The minimum absolute atomic E-state index is 0.182. The van der Waals surface area contributed by atoms with E-state index in [2.05, 4.69) is 0 Å². The van der Waals surface area contributed by atoms with Crippen molar-refractivity contribution in [1.29, 1.82) is 0 Å². The van der Waals surface area contributed by atoms with E-state index in [-0.39, 0.29) is 11.9 Å². The minimum Gasteiger partial charge on any atom is -0.364 e. The van der Waals surface area contributed by atoms with Crippen LogP contribution in [0.15, 0.2) is 30.3 Å². The summed E-state index contributed by atoms with van der Waals surface area (Å²) in [5, 5.41) is 0. The van der Waals surface area contributed by atoms with Crippen molar-refractivity contribution in [2.75, 3.05) is 6.61 Å². The Labute approximate surface area is 117 Å². The van der Waals surface area contributed by atoms with E-state index in [0.29, 0.717) is 13.0 Å². The van der Waals surface area contributed by atoms with Gasteiger partial charge in [0.1, 0.15) is 20.1 Å². The molecule has 0 radical (unpaired) electrons. The number of hydrogen-bond donors (Lipinski definition) is 0. The molecule has 6 heteroatoms. The van der Waals surface area contributed by atoms with Crippen LogP contribution in [0.5, 0.6) is 0 Å². The second-order valence-corrected chi connectivity index (χ2v) is 5.44. The summed E-state index contributed by atoms with van der Waals surface area (Å²) >= 11 is 0. The van der Waals surface area contributed by atoms with Crippen molar-refractivity contribution in [2.24, 2.45) is 0 Å². The quantitative estimate of drug-likeness (QED) is 0.776. The number of rotatable bonds is 2. The largest absolute Gasteiger partial charge is 0.364 e. The first-order valence-electron chi connectivity index (χ1n) is 6.91. The highest BCUT2D eigenvalue weighted by atomic mass is 19.3. The lowest BCUT2D eigenvalue weighted by Crippen LogP contribution is -2.51. The third kappa shape index (κ3) is 2.73. The zero-order valence-electron chi connectivity index (χ0n) is 11.2. The summed E-state index contributed by atoms with van der Waals surface area (Å²) in [6, 6.07) is 9.62. The summed E-state index contributed by atoms with van der Waals surface area (Å²) in [5.74, 6) is -0.217. The van der Waals surface area contributed by atoms with Gasteiger partial charge in [0.15, 0.2) is 6.29 Å². The molecule has 0 aliphatic carbocycles. The van der Waals surface area contributed by atoms with Gasteiger partial charge in [-0.25, -0.2) is 8.78 Å². The molecule has 0 amide bonds. The number of ether oxygens (including phenoxy) is 3. The molecule has 20 heavy (non-hydrogen) atoms. The zero-order valence-corrected chi connectivity index (χ0v) is 11.2. The summed E-state index contributed by atoms with van der Waals surface area (Å²) in [4.78, 5) is 0. The molecule has 0 bridgehead atoms. The van der Waals surface area contributed by atoms with Crippen LogP contribution >= 0.6 is 0 Å². The standard InChI is InChI=1S/C14H17BF2O3/c15-9-6-10-11(19-12(9)13(16)17)7-18-14(20-10)8-4-2-1-3-5-8/h1-5,9-14H,6-7,15H2/t9-,10-,11+,12?,14+/m0/s1. The van der Waals surface area contributed by atoms with Crippen LogP contribution in [-0.2, 0) is 14.2 Å². The van der Waals surface area contributed by atoms with Crippen molar-refractivity contribution in [3.05, 3.63) is 35.9 Å². The molecule has 0 N–H and O–H groups in total. The van der Waals surface area contributed by atoms with Crippen LogP contribution in [0, 0.1) is 0 Å². The highest BCUT2D eigenvalue weighted by Gasteiger charge is 2.44. The van der Waals surface area contributed by atoms with Gasteiger partial charge in [0.05, 0.1) is 12.7 Å². The first kappa shape index (κ1) is 14.0. The molecule has 1 aromatic rings. The van der Waals surface area contributed by atoms with Crippen molar-refractivity contribution in [2.45, 2.75) is 43.3 Å². The molecule has 3 rings (SSSR count). The number of benzene rings is 1. The molecule has 2 aliphatic heterocycles. The van der Waals surface area contributed by atoms with Gasteiger partial charge < -0.3 is 14.2 Å². The molecule has 0 saturated carbocycles. The molecule has 2 saturated heterocycles. The monoisotopic (exact) mass is 282 g/mol. The third-order valence-electron chi connectivity index (χ3n) is 3.94. The second kappa shape index (κ2) is 5.80. The molecule has 1 unspecified atom stereocenters. The Bertz CT molecular complexity index is 445. The van der Waals surface area contributed by atoms with E-state index in [0.717, 1.165) is 5.56 Å². The average molecular weight is 282 g/mol. The molecule has 3 nitrogen and oxygen atoms in total. The number of halogens is 2. The Balaban J connectivity index is 1.68. The van der Waals surface area contributed by atoms with E-state index in [1.54, 1.807) is 7.85 Å². The lowest BCUT2D eigenvalue weighted by molar-refractivity contribution is -0.295. The van der Waals surface area contributed by atoms with Gasteiger partial charge in [0.2, 0.25) is 0 Å². The van der Waals surface area contributed by atoms with Gasteiger partial charge in [-0.1, -0.05) is 30.3 Å². The average Bonchev–Trinajstić information content (AvgIpc) is 2.46. The van der Waals surface area contributed by atoms with Crippen molar-refractivity contribution in [3.8, 4) is 0 Å². The van der Waals surface area contributed by atoms with E-state index >= 15 is 0 Å². The lowest BCUT2D eigenvalue weighted by Gasteiger charge is -2.44. The van der Waals surface area contributed by atoms with Crippen LogP contribution in [0.2, 0.25) is 5.82 Å². The maximum atomic E-state index is 12.9. The van der Waals surface area contributed by atoms with Crippen LogP contribution in [-0.4, -0.2) is 39.2 Å². The topological polar surface area (TPSA) is 27.7 Å². The van der Waals surface area contributed by atoms with Gasteiger partial charge in [-0.15, -0.1) is 0 Å². The molecule has 2 heterocycles. The van der Waals surface area contributed by atoms with Gasteiger partial charge in [-0.05, 0) is 12.2 Å². The Morgan fingerprint density at radius 3 is 2.55 bits per heavy atom. The van der Waals surface area contributed by atoms with E-state index in [9.17, 15) is 8.78 Å². The fourth-order valence-corrected chi connectivity index (χ4v) is 2.84. The molecule has 5 atom stereocenters. The fourth-order valence-electron chi connectivity index (χ4n) is 2.84. The van der Waals surface area contributed by atoms with Crippen LogP contribution in [0.4, 0.5) is 8.78 Å². The Kier molecular flexibility index (Phi) is 4.05. The molecule has 0 spiro atoms. The van der Waals surface area contributed by atoms with Crippen LogP contribution < -0.4 is 0 Å². The van der Waals surface area contributed by atoms with E-state index < -0.39 is 24.9 Å². The number of fused-ring (bicyclic) bond motifs is 1. The Morgan fingerprint density at radius 2 is 1.85 bits per heavy atom. The van der Waals surface area contributed by atoms with Gasteiger partial charge in [0.25, 0.3) is 6.43 Å². The highest BCUT2D eigenvalue weighted by Crippen LogP contribution is 2.38. The summed E-state index contributed by atoms with van der Waals surface area (Å²) in [5.41, 5.74) is 0.939. The molecule has 2 fully saturated rings. The molecule has 2 aliphatic rings. The first-order valence-corrected chi connectivity index (χ1v) is 6.91. The van der Waals surface area contributed by atoms with Gasteiger partial charge in [0, 0.05) is 5.56 Å². The lowest BCUT2D eigenvalue weighted by atomic mass is 9.75. The number of alkyl halides is 2. The van der Waals surface area contributed by atoms with E-state index in [1.165, 1.54) is 0 Å². The fraction of sp³-hybridized carbons (Fsp3) is 0.571. The van der Waals surface area contributed by atoms with E-state index in [4.69, 9.17) is 14.2 Å². The SMILES string of the molecule is B[C@H]1C[C@@H]2O[C@H](c3ccccc3)OC[C@H]2OC1C(F)F. The molecule has 0 aromatic heterocycles. The van der Waals surface area contributed by atoms with Crippen molar-refractivity contribution in [3.63, 3.8) is 0 Å². The summed E-state index contributed by atoms with van der Waals surface area (Å²) in [7, 11) is 1.78. The summed E-state index contributed by atoms with van der Waals surface area (Å²) < 4.78 is 42.7. The molecule has 1 aromatic carbocycles. The van der Waals surface area contributed by atoms with Crippen molar-refractivity contribution in [1.82, 2.24) is 0 Å². The third-order valence-corrected chi connectivity index (χ3v) is 3.94. The number of hydrogen-bond acceptors (Lipinski definition) is 3. The maximum Gasteiger partial charge on any atom is 0.263 e. The van der Waals surface area contributed by atoms with Crippen LogP contribution in [0.25, 0.3) is 0 Å². The summed E-state index contributed by atoms with van der Waals surface area (Å²) in [6.07, 6.45) is -3.91. The van der Waals surface area contributed by atoms with Crippen LogP contribution in [0.1, 0.15) is 18.3 Å². The normalized spacial score (nSPS) is 37.6. The minimum atomic E-state index is -2.46. The second-order valence-electron chi connectivity index (χ2n) is 5.44. The predicted molar refractivity (Wildman–Crippen MR) is 71.6 cm³/mol. The van der Waals surface area contributed by atoms with Crippen molar-refractivity contribution < 1.29 is 23.0 Å². The smallest absolute Gasteiger partial charge is 0.263 e. The zero-order chi connectivity index (χ0) is 14.1. The predicted octanol–water partition coefficient (Wildman–Crippen LogP) is 1.94. The summed E-state index contributed by atoms with van der Waals surface area (Å²) in [6.45, 7) is 0.292. The Morgan fingerprint density at radius 1 is 1.10 bits per heavy atom. The molecular formula is C14H17BF2O3. The van der Waals surface area contributed by atoms with Gasteiger partial charge >= 0.3 is 0 Å². The van der Waals surface area contributed by atoms with Crippen LogP contribution in [0.3, 0.4) is 0 Å². The maximum absolute atomic E-state index is 12.9. The highest BCUT2D eigenvalue weighted by molar-refractivity contribution is 6.12. The van der Waals surface area contributed by atoms with Gasteiger partial charge in [-0.3, -0.25) is 0 Å². The van der Waals surface area contributed by atoms with Gasteiger partial charge in [-0.2, -0.15) is 0 Å².